The summed E-state index contributed by atoms with van der Waals surface area (Å²) in [5.41, 5.74) is 2.96. The maximum Gasteiger partial charge on any atom is 0.249 e. The van der Waals surface area contributed by atoms with Gasteiger partial charge in [0.1, 0.15) is 11.1 Å². The summed E-state index contributed by atoms with van der Waals surface area (Å²) in [6.07, 6.45) is 10.9. The molecule has 15 nitrogen and oxygen atoms in total. The number of hydrogen-bond acceptors (Lipinski definition) is 12. The summed E-state index contributed by atoms with van der Waals surface area (Å²) in [6, 6.07) is 9.67. The van der Waals surface area contributed by atoms with Crippen molar-refractivity contribution in [2.45, 2.75) is 75.9 Å². The van der Waals surface area contributed by atoms with Crippen LogP contribution in [0.3, 0.4) is 0 Å². The number of hydrogen-bond donors (Lipinski definition) is 4. The Bertz CT molecular complexity index is 1950. The lowest BCUT2D eigenvalue weighted by Gasteiger charge is -2.39. The SMILES string of the molecule is O=C1CCC(Nc2ccc(C3CCN(CC(=O)N4CCC5(CC4)CCN(c4cncc(Nc6ncc(Cl)c(N7CCC[C@H](O)C7)n6)c4)C5=O)CC3)cc2)C(=O)N1. The van der Waals surface area contributed by atoms with E-state index in [0.29, 0.717) is 92.5 Å². The molecule has 16 heteroatoms. The van der Waals surface area contributed by atoms with Crippen LogP contribution >= 0.6 is 11.6 Å². The molecule has 0 bridgehead atoms. The highest BCUT2D eigenvalue weighted by Crippen LogP contribution is 2.43. The van der Waals surface area contributed by atoms with Gasteiger partial charge in [0.25, 0.3) is 0 Å². The Kier molecular flexibility index (Phi) is 11.1. The van der Waals surface area contributed by atoms with Crippen molar-refractivity contribution in [3.63, 3.8) is 0 Å². The number of benzene rings is 1. The molecule has 5 saturated heterocycles. The van der Waals surface area contributed by atoms with E-state index in [1.54, 1.807) is 18.6 Å². The molecule has 0 saturated carbocycles. The standard InChI is InChI=1S/C40H49ClN10O5/c41-32-23-43-39(47-36(32)50-14-1-2-31(52)24-50)45-29-20-30(22-42-21-29)51-19-13-40(38(51)56)11-17-49(18-12-40)35(54)25-48-15-9-27(10-16-48)26-3-5-28(6-4-26)44-33-7-8-34(53)46-37(33)55/h3-6,20-23,27,31,33,44,52H,1-2,7-19,24-25H2,(H,43,45,47)(H,46,53,55)/t31-,33?/m0/s1. The molecule has 7 heterocycles. The van der Waals surface area contributed by atoms with Gasteiger partial charge in [0.05, 0.1) is 48.0 Å². The average molecular weight is 785 g/mol. The predicted octanol–water partition coefficient (Wildman–Crippen LogP) is 3.67. The van der Waals surface area contributed by atoms with Crippen molar-refractivity contribution in [2.75, 3.05) is 72.8 Å². The van der Waals surface area contributed by atoms with Gasteiger partial charge in [-0.05, 0) is 94.1 Å². The van der Waals surface area contributed by atoms with Crippen molar-refractivity contribution >= 4 is 64.1 Å². The number of aliphatic hydroxyl groups excluding tert-OH is 1. The van der Waals surface area contributed by atoms with Gasteiger partial charge in [-0.1, -0.05) is 23.7 Å². The van der Waals surface area contributed by atoms with Crippen LogP contribution in [0.5, 0.6) is 0 Å². The molecule has 5 fully saturated rings. The van der Waals surface area contributed by atoms with Gasteiger partial charge in [-0.3, -0.25) is 34.4 Å². The molecule has 2 atom stereocenters. The van der Waals surface area contributed by atoms with Gasteiger partial charge in [-0.2, -0.15) is 4.98 Å². The maximum atomic E-state index is 14.0. The van der Waals surface area contributed by atoms with Crippen molar-refractivity contribution in [1.29, 1.82) is 0 Å². The minimum Gasteiger partial charge on any atom is -0.391 e. The van der Waals surface area contributed by atoms with E-state index in [0.717, 1.165) is 57.4 Å². The van der Waals surface area contributed by atoms with E-state index in [-0.39, 0.29) is 23.6 Å². The van der Waals surface area contributed by atoms with Crippen molar-refractivity contribution in [2.24, 2.45) is 5.41 Å². The summed E-state index contributed by atoms with van der Waals surface area (Å²) < 4.78 is 0. The first-order valence-corrected chi connectivity index (χ1v) is 20.2. The summed E-state index contributed by atoms with van der Waals surface area (Å²) in [5, 5.41) is 19.4. The Morgan fingerprint density at radius 1 is 0.929 bits per heavy atom. The first kappa shape index (κ1) is 38.0. The molecule has 0 radical (unpaired) electrons. The molecule has 4 amide bonds. The summed E-state index contributed by atoms with van der Waals surface area (Å²) >= 11 is 6.43. The lowest BCUT2D eigenvalue weighted by atomic mass is 9.77. The minimum atomic E-state index is -0.487. The second kappa shape index (κ2) is 16.3. The van der Waals surface area contributed by atoms with Crippen molar-refractivity contribution in [3.8, 4) is 0 Å². The number of pyridine rings is 1. The van der Waals surface area contributed by atoms with Crippen LogP contribution in [-0.4, -0.2) is 118 Å². The molecule has 2 aromatic heterocycles. The molecule has 5 aliphatic heterocycles. The van der Waals surface area contributed by atoms with Crippen LogP contribution < -0.4 is 25.8 Å². The van der Waals surface area contributed by atoms with Gasteiger partial charge < -0.3 is 30.4 Å². The number of carbonyl (C=O) groups is 4. The number of piperidine rings is 4. The van der Waals surface area contributed by atoms with Gasteiger partial charge in [-0.15, -0.1) is 0 Å². The Balaban J connectivity index is 0.800. The largest absolute Gasteiger partial charge is 0.391 e. The number of carbonyl (C=O) groups excluding carboxylic acids is 4. The van der Waals surface area contributed by atoms with E-state index in [9.17, 15) is 24.3 Å². The zero-order chi connectivity index (χ0) is 38.8. The molecule has 0 aliphatic carbocycles. The summed E-state index contributed by atoms with van der Waals surface area (Å²) in [4.78, 5) is 72.3. The number of halogens is 1. The first-order valence-electron chi connectivity index (χ1n) is 19.8. The smallest absolute Gasteiger partial charge is 0.249 e. The Hall–Kier alpha value is -4.86. The van der Waals surface area contributed by atoms with E-state index < -0.39 is 17.6 Å². The number of likely N-dealkylation sites (tertiary alicyclic amines) is 2. The number of amides is 4. The topological polar surface area (TPSA) is 176 Å². The lowest BCUT2D eigenvalue weighted by molar-refractivity contribution is -0.138. The second-order valence-corrected chi connectivity index (χ2v) is 16.3. The molecule has 8 rings (SSSR count). The van der Waals surface area contributed by atoms with E-state index in [1.165, 1.54) is 5.56 Å². The molecular formula is C40H49ClN10O5. The van der Waals surface area contributed by atoms with Gasteiger partial charge in [0.15, 0.2) is 5.82 Å². The van der Waals surface area contributed by atoms with Gasteiger partial charge in [0.2, 0.25) is 29.6 Å². The Morgan fingerprint density at radius 3 is 2.45 bits per heavy atom. The molecule has 3 aromatic rings. The highest BCUT2D eigenvalue weighted by molar-refractivity contribution is 6.32. The van der Waals surface area contributed by atoms with Crippen LogP contribution in [0.15, 0.2) is 48.9 Å². The zero-order valence-corrected chi connectivity index (χ0v) is 32.2. The third kappa shape index (κ3) is 8.30. The second-order valence-electron chi connectivity index (χ2n) is 15.9. The monoisotopic (exact) mass is 784 g/mol. The first-order chi connectivity index (χ1) is 27.1. The van der Waals surface area contributed by atoms with E-state index in [1.807, 2.05) is 32.9 Å². The number of anilines is 5. The fourth-order valence-corrected chi connectivity index (χ4v) is 9.09. The summed E-state index contributed by atoms with van der Waals surface area (Å²) in [5.74, 6) is 1.02. The third-order valence-corrected chi connectivity index (χ3v) is 12.5. The quantitative estimate of drug-likeness (QED) is 0.232. The van der Waals surface area contributed by atoms with Crippen LogP contribution in [-0.2, 0) is 19.2 Å². The van der Waals surface area contributed by atoms with E-state index in [4.69, 9.17) is 11.6 Å². The molecule has 4 N–H and O–H groups in total. The highest BCUT2D eigenvalue weighted by atomic mass is 35.5. The van der Waals surface area contributed by atoms with Crippen LogP contribution in [0, 0.1) is 5.41 Å². The number of imide groups is 1. The molecule has 1 unspecified atom stereocenters. The lowest BCUT2D eigenvalue weighted by Crippen LogP contribution is -2.49. The number of aromatic nitrogens is 3. The van der Waals surface area contributed by atoms with Gasteiger partial charge in [0, 0.05) is 44.8 Å². The van der Waals surface area contributed by atoms with E-state index in [2.05, 4.69) is 47.9 Å². The summed E-state index contributed by atoms with van der Waals surface area (Å²) in [7, 11) is 0. The fraction of sp³-hybridized carbons (Fsp3) is 0.525. The molecule has 1 spiro atoms. The molecule has 296 valence electrons. The van der Waals surface area contributed by atoms with Crippen LogP contribution in [0.25, 0.3) is 0 Å². The number of aliphatic hydroxyl groups is 1. The normalized spacial score (nSPS) is 23.4. The van der Waals surface area contributed by atoms with Crippen LogP contribution in [0.1, 0.15) is 69.3 Å². The fourth-order valence-electron chi connectivity index (χ4n) is 8.87. The number of β-amino-alcohol motifs (C(OH)–C–C–N with tert-alkyl or cyclic N) is 1. The molecule has 56 heavy (non-hydrogen) atoms. The highest BCUT2D eigenvalue weighted by Gasteiger charge is 2.49. The maximum absolute atomic E-state index is 14.0. The summed E-state index contributed by atoms with van der Waals surface area (Å²) in [6.45, 7) is 5.01. The van der Waals surface area contributed by atoms with Crippen molar-refractivity contribution in [1.82, 2.24) is 30.1 Å². The van der Waals surface area contributed by atoms with Crippen LogP contribution in [0.2, 0.25) is 5.02 Å². The van der Waals surface area contributed by atoms with Gasteiger partial charge >= 0.3 is 0 Å². The Morgan fingerprint density at radius 2 is 1.70 bits per heavy atom. The van der Waals surface area contributed by atoms with Crippen molar-refractivity contribution in [3.05, 3.63) is 59.5 Å². The Labute approximate surface area is 331 Å². The van der Waals surface area contributed by atoms with Crippen LogP contribution in [0.4, 0.5) is 28.8 Å². The predicted molar refractivity (Wildman–Crippen MR) is 212 cm³/mol. The molecular weight excluding hydrogens is 736 g/mol. The average Bonchev–Trinajstić information content (AvgIpc) is 3.51. The number of nitrogens with one attached hydrogen (secondary N) is 3. The molecule has 5 aliphatic rings. The number of rotatable bonds is 9. The van der Waals surface area contributed by atoms with Crippen molar-refractivity contribution < 1.29 is 24.3 Å². The third-order valence-electron chi connectivity index (χ3n) is 12.2. The number of nitrogens with zero attached hydrogens (tertiary/aromatic N) is 7. The molecule has 1 aromatic carbocycles. The zero-order valence-electron chi connectivity index (χ0n) is 31.5. The minimum absolute atomic E-state index is 0.0825. The van der Waals surface area contributed by atoms with E-state index >= 15 is 0 Å². The van der Waals surface area contributed by atoms with Gasteiger partial charge in [-0.25, -0.2) is 4.98 Å².